The maximum absolute atomic E-state index is 11.1. The fourth-order valence-electron chi connectivity index (χ4n) is 2.96. The van der Waals surface area contributed by atoms with E-state index in [4.69, 9.17) is 37.8 Å². The minimum Gasteiger partial charge on any atom is -0.493 e. The second-order valence-electron chi connectivity index (χ2n) is 6.82. The first-order valence-electron chi connectivity index (χ1n) is 9.29. The van der Waals surface area contributed by atoms with Gasteiger partial charge in [0.15, 0.2) is 11.5 Å². The number of aromatic carboxylic acids is 1. The molecule has 0 aromatic heterocycles. The van der Waals surface area contributed by atoms with Crippen LogP contribution in [0, 0.1) is 6.92 Å². The van der Waals surface area contributed by atoms with Gasteiger partial charge in [-0.3, -0.25) is 0 Å². The van der Waals surface area contributed by atoms with Crippen molar-refractivity contribution in [2.75, 3.05) is 12.4 Å². The van der Waals surface area contributed by atoms with Crippen LogP contribution in [0.3, 0.4) is 0 Å². The van der Waals surface area contributed by atoms with E-state index >= 15 is 0 Å². The molecular weight excluding hydrogens is 505 g/mol. The van der Waals surface area contributed by atoms with Crippen LogP contribution in [0.25, 0.3) is 0 Å². The Labute approximate surface area is 199 Å². The summed E-state index contributed by atoms with van der Waals surface area (Å²) in [6.07, 6.45) is 0. The van der Waals surface area contributed by atoms with Gasteiger partial charge in [-0.25, -0.2) is 4.79 Å². The van der Waals surface area contributed by atoms with Gasteiger partial charge in [0.05, 0.1) is 22.7 Å². The molecule has 0 radical (unpaired) electrons. The van der Waals surface area contributed by atoms with Crippen molar-refractivity contribution in [1.29, 1.82) is 0 Å². The predicted molar refractivity (Wildman–Crippen MR) is 127 cm³/mol. The number of rotatable bonds is 8. The SMILES string of the molecule is COc1cc(CNc2ccc(C(=O)O)cc2C)c(Br)cc1OCc1ccc(Cl)c(Cl)c1. The van der Waals surface area contributed by atoms with Crippen molar-refractivity contribution in [3.8, 4) is 11.5 Å². The molecule has 0 bridgehead atoms. The Morgan fingerprint density at radius 2 is 1.84 bits per heavy atom. The molecule has 2 N–H and O–H groups in total. The van der Waals surface area contributed by atoms with E-state index in [0.29, 0.717) is 34.7 Å². The van der Waals surface area contributed by atoms with Gasteiger partial charge >= 0.3 is 5.97 Å². The van der Waals surface area contributed by atoms with Crippen molar-refractivity contribution in [2.45, 2.75) is 20.1 Å². The largest absolute Gasteiger partial charge is 0.493 e. The Kier molecular flexibility index (Phi) is 7.70. The Morgan fingerprint density at radius 3 is 2.48 bits per heavy atom. The molecule has 0 aliphatic carbocycles. The first kappa shape index (κ1) is 23.3. The number of ether oxygens (including phenoxy) is 2. The van der Waals surface area contributed by atoms with Gasteiger partial charge in [0.1, 0.15) is 6.61 Å². The Bertz CT molecular complexity index is 1120. The minimum atomic E-state index is -0.946. The topological polar surface area (TPSA) is 67.8 Å². The number of hydrogen-bond donors (Lipinski definition) is 2. The van der Waals surface area contributed by atoms with Crippen molar-refractivity contribution in [2.24, 2.45) is 0 Å². The van der Waals surface area contributed by atoms with Crippen molar-refractivity contribution < 1.29 is 19.4 Å². The van der Waals surface area contributed by atoms with E-state index in [-0.39, 0.29) is 5.56 Å². The van der Waals surface area contributed by atoms with Crippen LogP contribution in [-0.4, -0.2) is 18.2 Å². The third kappa shape index (κ3) is 5.85. The highest BCUT2D eigenvalue weighted by Gasteiger charge is 2.12. The summed E-state index contributed by atoms with van der Waals surface area (Å²) in [6.45, 7) is 2.69. The zero-order valence-electron chi connectivity index (χ0n) is 16.8. The number of carbonyl (C=O) groups is 1. The van der Waals surface area contributed by atoms with E-state index in [0.717, 1.165) is 26.9 Å². The van der Waals surface area contributed by atoms with Gasteiger partial charge in [0.25, 0.3) is 0 Å². The van der Waals surface area contributed by atoms with Crippen LogP contribution in [0.1, 0.15) is 27.0 Å². The maximum Gasteiger partial charge on any atom is 0.335 e. The number of nitrogens with one attached hydrogen (secondary N) is 1. The standard InChI is InChI=1S/C23H20BrCl2NO4/c1-13-7-15(23(28)29)4-6-20(13)27-11-16-9-21(30-2)22(10-17(16)24)31-12-14-3-5-18(25)19(26)8-14/h3-10,27H,11-12H2,1-2H3,(H,28,29). The Hall–Kier alpha value is -2.41. The zero-order valence-corrected chi connectivity index (χ0v) is 19.9. The number of carboxylic acid groups (broad SMARTS) is 1. The van der Waals surface area contributed by atoms with Crippen LogP contribution in [0.15, 0.2) is 53.0 Å². The van der Waals surface area contributed by atoms with E-state index in [1.807, 2.05) is 25.1 Å². The van der Waals surface area contributed by atoms with Crippen molar-refractivity contribution in [3.63, 3.8) is 0 Å². The van der Waals surface area contributed by atoms with E-state index < -0.39 is 5.97 Å². The van der Waals surface area contributed by atoms with Gasteiger partial charge in [-0.05, 0) is 66.1 Å². The zero-order chi connectivity index (χ0) is 22.5. The minimum absolute atomic E-state index is 0.259. The number of hydrogen-bond acceptors (Lipinski definition) is 4. The summed E-state index contributed by atoms with van der Waals surface area (Å²) in [5, 5.41) is 13.4. The highest BCUT2D eigenvalue weighted by atomic mass is 79.9. The lowest BCUT2D eigenvalue weighted by Gasteiger charge is -2.16. The van der Waals surface area contributed by atoms with Gasteiger partial charge in [-0.1, -0.05) is 45.2 Å². The first-order chi connectivity index (χ1) is 14.8. The van der Waals surface area contributed by atoms with Gasteiger partial charge < -0.3 is 19.9 Å². The highest BCUT2D eigenvalue weighted by Crippen LogP contribution is 2.35. The smallest absolute Gasteiger partial charge is 0.335 e. The van der Waals surface area contributed by atoms with Crippen LogP contribution in [-0.2, 0) is 13.2 Å². The second-order valence-corrected chi connectivity index (χ2v) is 8.49. The molecule has 0 unspecified atom stereocenters. The normalized spacial score (nSPS) is 10.6. The lowest BCUT2D eigenvalue weighted by molar-refractivity contribution is 0.0697. The third-order valence-electron chi connectivity index (χ3n) is 4.65. The molecule has 0 aliphatic heterocycles. The lowest BCUT2D eigenvalue weighted by Crippen LogP contribution is -2.05. The average molecular weight is 525 g/mol. The molecule has 5 nitrogen and oxygen atoms in total. The van der Waals surface area contributed by atoms with Crippen LogP contribution >= 0.6 is 39.1 Å². The number of anilines is 1. The van der Waals surface area contributed by atoms with Gasteiger partial charge in [0.2, 0.25) is 0 Å². The number of benzene rings is 3. The summed E-state index contributed by atoms with van der Waals surface area (Å²) in [4.78, 5) is 11.1. The van der Waals surface area contributed by atoms with Gasteiger partial charge in [0, 0.05) is 16.7 Å². The van der Waals surface area contributed by atoms with E-state index in [1.165, 1.54) is 0 Å². The molecule has 0 amide bonds. The summed E-state index contributed by atoms with van der Waals surface area (Å²) in [5.41, 5.74) is 3.81. The molecule has 3 rings (SSSR count). The Morgan fingerprint density at radius 1 is 1.06 bits per heavy atom. The molecule has 0 fully saturated rings. The van der Waals surface area contributed by atoms with Crippen LogP contribution in [0.5, 0.6) is 11.5 Å². The molecule has 0 aliphatic rings. The molecule has 8 heteroatoms. The fourth-order valence-corrected chi connectivity index (χ4v) is 3.74. The maximum atomic E-state index is 11.1. The molecule has 0 atom stereocenters. The van der Waals surface area contributed by atoms with Crippen molar-refractivity contribution in [3.05, 3.63) is 85.3 Å². The van der Waals surface area contributed by atoms with E-state index in [1.54, 1.807) is 37.4 Å². The van der Waals surface area contributed by atoms with E-state index in [9.17, 15) is 4.79 Å². The van der Waals surface area contributed by atoms with E-state index in [2.05, 4.69) is 21.2 Å². The number of halogens is 3. The monoisotopic (exact) mass is 523 g/mol. The van der Waals surface area contributed by atoms with Crippen molar-refractivity contribution in [1.82, 2.24) is 0 Å². The van der Waals surface area contributed by atoms with Crippen LogP contribution in [0.4, 0.5) is 5.69 Å². The molecule has 0 saturated carbocycles. The van der Waals surface area contributed by atoms with Gasteiger partial charge in [-0.2, -0.15) is 0 Å². The average Bonchev–Trinajstić information content (AvgIpc) is 2.74. The fraction of sp³-hybridized carbons (Fsp3) is 0.174. The molecule has 162 valence electrons. The molecule has 0 saturated heterocycles. The lowest BCUT2D eigenvalue weighted by atomic mass is 10.1. The molecule has 0 heterocycles. The van der Waals surface area contributed by atoms with Crippen LogP contribution < -0.4 is 14.8 Å². The summed E-state index contributed by atoms with van der Waals surface area (Å²) < 4.78 is 12.3. The molecule has 31 heavy (non-hydrogen) atoms. The molecule has 0 spiro atoms. The van der Waals surface area contributed by atoms with Crippen LogP contribution in [0.2, 0.25) is 10.0 Å². The Balaban J connectivity index is 1.73. The highest BCUT2D eigenvalue weighted by molar-refractivity contribution is 9.10. The summed E-state index contributed by atoms with van der Waals surface area (Å²) in [7, 11) is 1.58. The second kappa shape index (κ2) is 10.3. The molecule has 3 aromatic rings. The number of methoxy groups -OCH3 is 1. The summed E-state index contributed by atoms with van der Waals surface area (Å²) in [6, 6.07) is 14.1. The molecule has 3 aromatic carbocycles. The number of carboxylic acids is 1. The quantitative estimate of drug-likeness (QED) is 0.333. The summed E-state index contributed by atoms with van der Waals surface area (Å²) in [5.74, 6) is 0.239. The molecular formula is C23H20BrCl2NO4. The summed E-state index contributed by atoms with van der Waals surface area (Å²) >= 11 is 15.6. The van der Waals surface area contributed by atoms with Crippen molar-refractivity contribution >= 4 is 50.8 Å². The number of aryl methyl sites for hydroxylation is 1. The first-order valence-corrected chi connectivity index (χ1v) is 10.8. The predicted octanol–water partition coefficient (Wildman–Crippen LogP) is 6.96. The third-order valence-corrected chi connectivity index (χ3v) is 6.13. The van der Waals surface area contributed by atoms with Gasteiger partial charge in [-0.15, -0.1) is 0 Å².